The van der Waals surface area contributed by atoms with E-state index in [1.807, 2.05) is 31.9 Å². The van der Waals surface area contributed by atoms with E-state index < -0.39 is 4.92 Å². The van der Waals surface area contributed by atoms with Gasteiger partial charge in [0.2, 0.25) is 5.91 Å². The van der Waals surface area contributed by atoms with Crippen LogP contribution in [0, 0.1) is 24.0 Å². The first-order chi connectivity index (χ1) is 12.3. The number of carbonyl (C=O) groups is 1. The molecule has 138 valence electrons. The van der Waals surface area contributed by atoms with E-state index in [1.165, 1.54) is 36.4 Å². The van der Waals surface area contributed by atoms with E-state index in [-0.39, 0.29) is 23.8 Å². The third kappa shape index (κ3) is 5.03. The van der Waals surface area contributed by atoms with E-state index in [0.717, 1.165) is 5.56 Å². The number of likely N-dealkylation sites (N-methyl/N-ethyl adjacent to an activating group) is 1. The first-order valence-corrected chi connectivity index (χ1v) is 8.17. The van der Waals surface area contributed by atoms with Gasteiger partial charge < -0.3 is 10.1 Å². The van der Waals surface area contributed by atoms with Crippen molar-refractivity contribution in [2.75, 3.05) is 26.0 Å². The highest BCUT2D eigenvalue weighted by molar-refractivity contribution is 5.94. The van der Waals surface area contributed by atoms with Gasteiger partial charge in [-0.3, -0.25) is 19.8 Å². The number of non-ortho nitro benzene ring substituents is 1. The topological polar surface area (TPSA) is 84.7 Å². The molecular weight excluding hydrogens is 334 g/mol. The fourth-order valence-electron chi connectivity index (χ4n) is 2.71. The standard InChI is InChI=1S/C19H23N3O4/c1-13-5-6-15(14(2)9-13)11-21(3)12-19(23)20-17-10-16(22(24)25)7-8-18(17)26-4/h5-10H,11-12H2,1-4H3,(H,20,23). The molecule has 2 aromatic carbocycles. The molecule has 2 rings (SSSR count). The van der Waals surface area contributed by atoms with Crippen molar-refractivity contribution in [1.82, 2.24) is 4.90 Å². The van der Waals surface area contributed by atoms with Crippen molar-refractivity contribution in [2.45, 2.75) is 20.4 Å². The molecule has 1 amide bonds. The second kappa shape index (κ2) is 8.44. The Morgan fingerprint density at radius 2 is 1.96 bits per heavy atom. The summed E-state index contributed by atoms with van der Waals surface area (Å²) < 4.78 is 5.16. The molecular formula is C19H23N3O4. The summed E-state index contributed by atoms with van der Waals surface area (Å²) >= 11 is 0. The number of hydrogen-bond donors (Lipinski definition) is 1. The minimum Gasteiger partial charge on any atom is -0.495 e. The summed E-state index contributed by atoms with van der Waals surface area (Å²) in [4.78, 5) is 24.6. The van der Waals surface area contributed by atoms with Crippen LogP contribution >= 0.6 is 0 Å². The lowest BCUT2D eigenvalue weighted by atomic mass is 10.1. The first-order valence-electron chi connectivity index (χ1n) is 8.17. The number of benzene rings is 2. The Balaban J connectivity index is 2.03. The van der Waals surface area contributed by atoms with E-state index in [2.05, 4.69) is 17.4 Å². The SMILES string of the molecule is COc1ccc([N+](=O)[O-])cc1NC(=O)CN(C)Cc1ccc(C)cc1C. The maximum absolute atomic E-state index is 12.3. The minimum absolute atomic E-state index is 0.107. The molecule has 0 bridgehead atoms. The van der Waals surface area contributed by atoms with Crippen LogP contribution in [0.5, 0.6) is 5.75 Å². The molecule has 2 aromatic rings. The predicted molar refractivity (Wildman–Crippen MR) is 101 cm³/mol. The number of anilines is 1. The van der Waals surface area contributed by atoms with Crippen LogP contribution in [0.2, 0.25) is 0 Å². The summed E-state index contributed by atoms with van der Waals surface area (Å²) in [6.45, 7) is 4.87. The van der Waals surface area contributed by atoms with Crippen LogP contribution in [0.25, 0.3) is 0 Å². The largest absolute Gasteiger partial charge is 0.495 e. The Labute approximate surface area is 152 Å². The van der Waals surface area contributed by atoms with Gasteiger partial charge in [0.1, 0.15) is 5.75 Å². The molecule has 0 heterocycles. The Morgan fingerprint density at radius 1 is 1.23 bits per heavy atom. The van der Waals surface area contributed by atoms with Crippen LogP contribution in [-0.2, 0) is 11.3 Å². The summed E-state index contributed by atoms with van der Waals surface area (Å²) in [5.41, 5.74) is 3.71. The van der Waals surface area contributed by atoms with Crippen molar-refractivity contribution < 1.29 is 14.5 Å². The fourth-order valence-corrected chi connectivity index (χ4v) is 2.71. The number of aryl methyl sites for hydroxylation is 2. The number of nitro groups is 1. The number of nitro benzene ring substituents is 1. The van der Waals surface area contributed by atoms with Crippen molar-refractivity contribution >= 4 is 17.3 Å². The number of nitrogens with one attached hydrogen (secondary N) is 1. The van der Waals surface area contributed by atoms with E-state index in [9.17, 15) is 14.9 Å². The first kappa shape index (κ1) is 19.4. The zero-order chi connectivity index (χ0) is 19.3. The monoisotopic (exact) mass is 357 g/mol. The number of hydrogen-bond acceptors (Lipinski definition) is 5. The van der Waals surface area contributed by atoms with E-state index >= 15 is 0 Å². The molecule has 0 aliphatic carbocycles. The Bertz CT molecular complexity index is 820. The second-order valence-corrected chi connectivity index (χ2v) is 6.29. The van der Waals surface area contributed by atoms with Gasteiger partial charge in [0.15, 0.2) is 0 Å². The van der Waals surface area contributed by atoms with Crippen LogP contribution in [0.4, 0.5) is 11.4 Å². The number of carbonyl (C=O) groups excluding carboxylic acids is 1. The fraction of sp³-hybridized carbons (Fsp3) is 0.316. The highest BCUT2D eigenvalue weighted by Gasteiger charge is 2.15. The molecule has 0 aromatic heterocycles. The molecule has 0 aliphatic rings. The maximum atomic E-state index is 12.3. The molecule has 1 N–H and O–H groups in total. The van der Waals surface area contributed by atoms with Crippen molar-refractivity contribution in [1.29, 1.82) is 0 Å². The lowest BCUT2D eigenvalue weighted by Crippen LogP contribution is -2.30. The van der Waals surface area contributed by atoms with Crippen molar-refractivity contribution in [3.05, 3.63) is 63.2 Å². The summed E-state index contributed by atoms with van der Waals surface area (Å²) in [7, 11) is 3.30. The zero-order valence-electron chi connectivity index (χ0n) is 15.4. The molecule has 0 saturated carbocycles. The highest BCUT2D eigenvalue weighted by Crippen LogP contribution is 2.28. The number of ether oxygens (including phenoxy) is 1. The van der Waals surface area contributed by atoms with E-state index in [1.54, 1.807) is 0 Å². The third-order valence-corrected chi connectivity index (χ3v) is 4.02. The summed E-state index contributed by atoms with van der Waals surface area (Å²) in [5.74, 6) is 0.108. The van der Waals surface area contributed by atoms with E-state index in [0.29, 0.717) is 12.3 Å². The zero-order valence-corrected chi connectivity index (χ0v) is 15.4. The lowest BCUT2D eigenvalue weighted by Gasteiger charge is -2.18. The number of methoxy groups -OCH3 is 1. The molecule has 7 nitrogen and oxygen atoms in total. The molecule has 0 atom stereocenters. The Hall–Kier alpha value is -2.93. The average molecular weight is 357 g/mol. The lowest BCUT2D eigenvalue weighted by molar-refractivity contribution is -0.384. The van der Waals surface area contributed by atoms with Crippen LogP contribution in [-0.4, -0.2) is 36.4 Å². The van der Waals surface area contributed by atoms with Gasteiger partial charge in [-0.05, 0) is 38.1 Å². The second-order valence-electron chi connectivity index (χ2n) is 6.29. The molecule has 7 heteroatoms. The van der Waals surface area contributed by atoms with Gasteiger partial charge in [0.25, 0.3) is 5.69 Å². The van der Waals surface area contributed by atoms with E-state index in [4.69, 9.17) is 4.74 Å². The van der Waals surface area contributed by atoms with Gasteiger partial charge in [-0.25, -0.2) is 0 Å². The Kier molecular flexibility index (Phi) is 6.30. The molecule has 0 saturated heterocycles. The molecule has 0 aliphatic heterocycles. The van der Waals surface area contributed by atoms with Gasteiger partial charge in [-0.1, -0.05) is 23.8 Å². The smallest absolute Gasteiger partial charge is 0.271 e. The highest BCUT2D eigenvalue weighted by atomic mass is 16.6. The number of rotatable bonds is 7. The van der Waals surface area contributed by atoms with Gasteiger partial charge in [0.05, 0.1) is 24.3 Å². The third-order valence-electron chi connectivity index (χ3n) is 4.02. The van der Waals surface area contributed by atoms with Crippen LogP contribution in [0.15, 0.2) is 36.4 Å². The van der Waals surface area contributed by atoms with Gasteiger partial charge in [-0.15, -0.1) is 0 Å². The van der Waals surface area contributed by atoms with Gasteiger partial charge in [-0.2, -0.15) is 0 Å². The Morgan fingerprint density at radius 3 is 2.58 bits per heavy atom. The summed E-state index contributed by atoms with van der Waals surface area (Å²) in [6, 6.07) is 10.3. The van der Waals surface area contributed by atoms with Crippen LogP contribution < -0.4 is 10.1 Å². The average Bonchev–Trinajstić information content (AvgIpc) is 2.57. The molecule has 0 unspecified atom stereocenters. The minimum atomic E-state index is -0.513. The predicted octanol–water partition coefficient (Wildman–Crippen LogP) is 3.29. The molecule has 0 spiro atoms. The molecule has 0 fully saturated rings. The molecule has 26 heavy (non-hydrogen) atoms. The summed E-state index contributed by atoms with van der Waals surface area (Å²) in [5, 5.41) is 13.6. The van der Waals surface area contributed by atoms with Crippen molar-refractivity contribution in [2.24, 2.45) is 0 Å². The van der Waals surface area contributed by atoms with Crippen LogP contribution in [0.3, 0.4) is 0 Å². The van der Waals surface area contributed by atoms with Gasteiger partial charge in [0, 0.05) is 18.7 Å². The summed E-state index contributed by atoms with van der Waals surface area (Å²) in [6.07, 6.45) is 0. The normalized spacial score (nSPS) is 10.7. The molecule has 0 radical (unpaired) electrons. The quantitative estimate of drug-likeness (QED) is 0.607. The van der Waals surface area contributed by atoms with Crippen LogP contribution in [0.1, 0.15) is 16.7 Å². The number of nitrogens with zero attached hydrogens (tertiary/aromatic N) is 2. The van der Waals surface area contributed by atoms with Crippen molar-refractivity contribution in [3.8, 4) is 5.75 Å². The van der Waals surface area contributed by atoms with Gasteiger partial charge >= 0.3 is 0 Å². The number of amides is 1. The maximum Gasteiger partial charge on any atom is 0.271 e. The van der Waals surface area contributed by atoms with Crippen molar-refractivity contribution in [3.63, 3.8) is 0 Å².